The molecule has 0 aliphatic carbocycles. The van der Waals surface area contributed by atoms with E-state index < -0.39 is 0 Å². The van der Waals surface area contributed by atoms with Gasteiger partial charge >= 0.3 is 0 Å². The Morgan fingerprint density at radius 2 is 1.84 bits per heavy atom. The van der Waals surface area contributed by atoms with Gasteiger partial charge in [-0.2, -0.15) is 0 Å². The third-order valence-corrected chi connectivity index (χ3v) is 3.67. The predicted molar refractivity (Wildman–Crippen MR) is 76.7 cm³/mol. The maximum absolute atomic E-state index is 5.75. The molecule has 0 fully saturated rings. The van der Waals surface area contributed by atoms with Gasteiger partial charge < -0.3 is 20.5 Å². The van der Waals surface area contributed by atoms with Crippen LogP contribution in [0.3, 0.4) is 0 Å². The van der Waals surface area contributed by atoms with E-state index in [1.807, 2.05) is 6.07 Å². The van der Waals surface area contributed by atoms with Crippen LogP contribution in [0.5, 0.6) is 11.5 Å². The van der Waals surface area contributed by atoms with E-state index in [0.29, 0.717) is 13.3 Å². The van der Waals surface area contributed by atoms with Gasteiger partial charge in [-0.05, 0) is 31.5 Å². The third-order valence-electron chi connectivity index (χ3n) is 3.67. The Morgan fingerprint density at radius 3 is 2.53 bits per heavy atom. The minimum absolute atomic E-state index is 0.00736. The summed E-state index contributed by atoms with van der Waals surface area (Å²) in [6.07, 6.45) is 0. The van der Waals surface area contributed by atoms with E-state index in [0.717, 1.165) is 18.0 Å². The molecule has 106 valence electrons. The topological polar surface area (TPSA) is 56.5 Å². The zero-order chi connectivity index (χ0) is 14.1. The molecule has 19 heavy (non-hydrogen) atoms. The number of rotatable bonds is 5. The summed E-state index contributed by atoms with van der Waals surface area (Å²) < 4.78 is 10.8. The second-order valence-corrected chi connectivity index (χ2v) is 6.39. The van der Waals surface area contributed by atoms with Gasteiger partial charge in [-0.25, -0.2) is 0 Å². The molecular formula is C15H24N2O2. The fourth-order valence-corrected chi connectivity index (χ4v) is 1.95. The number of hydrogen-bond donors (Lipinski definition) is 2. The molecule has 0 bridgehead atoms. The molecule has 1 aliphatic rings. The van der Waals surface area contributed by atoms with Gasteiger partial charge in [0, 0.05) is 24.0 Å². The molecule has 1 aliphatic heterocycles. The van der Waals surface area contributed by atoms with Crippen molar-refractivity contribution in [1.82, 2.24) is 5.32 Å². The van der Waals surface area contributed by atoms with Crippen molar-refractivity contribution in [2.75, 3.05) is 19.9 Å². The summed E-state index contributed by atoms with van der Waals surface area (Å²) in [4.78, 5) is 0. The maximum atomic E-state index is 5.75. The van der Waals surface area contributed by atoms with Crippen LogP contribution < -0.4 is 20.5 Å². The predicted octanol–water partition coefficient (Wildman–Crippen LogP) is 2.02. The molecule has 1 aromatic rings. The number of benzene rings is 1. The van der Waals surface area contributed by atoms with Gasteiger partial charge in [0.05, 0.1) is 0 Å². The van der Waals surface area contributed by atoms with E-state index in [2.05, 4.69) is 45.1 Å². The van der Waals surface area contributed by atoms with E-state index in [4.69, 9.17) is 15.2 Å². The van der Waals surface area contributed by atoms with Gasteiger partial charge in [0.2, 0.25) is 6.79 Å². The van der Waals surface area contributed by atoms with Crippen LogP contribution in [0.4, 0.5) is 0 Å². The van der Waals surface area contributed by atoms with Crippen LogP contribution in [-0.2, 0) is 5.41 Å². The highest BCUT2D eigenvalue weighted by Crippen LogP contribution is 2.36. The van der Waals surface area contributed by atoms with Crippen LogP contribution >= 0.6 is 0 Å². The Balaban J connectivity index is 2.11. The van der Waals surface area contributed by atoms with E-state index >= 15 is 0 Å². The smallest absolute Gasteiger partial charge is 0.231 e. The fraction of sp³-hybridized carbons (Fsp3) is 0.600. The number of nitrogens with one attached hydrogen (secondary N) is 1. The van der Waals surface area contributed by atoms with Crippen molar-refractivity contribution in [3.8, 4) is 11.5 Å². The molecule has 0 saturated heterocycles. The van der Waals surface area contributed by atoms with Crippen LogP contribution in [0.1, 0.15) is 33.3 Å². The summed E-state index contributed by atoms with van der Waals surface area (Å²) in [5.74, 6) is 1.67. The highest BCUT2D eigenvalue weighted by Gasteiger charge is 2.26. The summed E-state index contributed by atoms with van der Waals surface area (Å²) in [6.45, 7) is 10.4. The second-order valence-electron chi connectivity index (χ2n) is 6.39. The first-order valence-corrected chi connectivity index (χ1v) is 6.69. The zero-order valence-corrected chi connectivity index (χ0v) is 12.2. The van der Waals surface area contributed by atoms with Crippen LogP contribution in [0, 0.1) is 0 Å². The summed E-state index contributed by atoms with van der Waals surface area (Å²) in [7, 11) is 0. The average molecular weight is 264 g/mol. The molecule has 1 aromatic carbocycles. The first kappa shape index (κ1) is 14.2. The maximum Gasteiger partial charge on any atom is 0.231 e. The van der Waals surface area contributed by atoms with Gasteiger partial charge in [-0.1, -0.05) is 19.9 Å². The third kappa shape index (κ3) is 3.19. The number of hydrogen-bond acceptors (Lipinski definition) is 4. The van der Waals surface area contributed by atoms with Gasteiger partial charge in [0.15, 0.2) is 11.5 Å². The second kappa shape index (κ2) is 5.02. The molecule has 4 heteroatoms. The molecule has 2 rings (SSSR count). The molecule has 1 heterocycles. The van der Waals surface area contributed by atoms with Gasteiger partial charge in [-0.15, -0.1) is 0 Å². The minimum atomic E-state index is -0.0480. The Kier molecular flexibility index (Phi) is 3.74. The molecule has 0 spiro atoms. The molecule has 0 unspecified atom stereocenters. The SMILES string of the molecule is CC(C)(CN)NCC(C)(C)c1ccc2c(c1)OCO2. The van der Waals surface area contributed by atoms with Crippen LogP contribution in [-0.4, -0.2) is 25.4 Å². The Bertz CT molecular complexity index is 455. The molecule has 0 saturated carbocycles. The van der Waals surface area contributed by atoms with Gasteiger partial charge in [-0.3, -0.25) is 0 Å². The van der Waals surface area contributed by atoms with Crippen molar-refractivity contribution in [3.05, 3.63) is 23.8 Å². The Labute approximate surface area is 115 Å². The first-order valence-electron chi connectivity index (χ1n) is 6.69. The monoisotopic (exact) mass is 264 g/mol. The molecule has 3 N–H and O–H groups in total. The standard InChI is InChI=1S/C15H24N2O2/c1-14(2,9-17-15(3,4)8-16)11-5-6-12-13(7-11)19-10-18-12/h5-7,17H,8-10,16H2,1-4H3. The normalized spacial score (nSPS) is 14.8. The van der Waals surface area contributed by atoms with Crippen molar-refractivity contribution >= 4 is 0 Å². The lowest BCUT2D eigenvalue weighted by Gasteiger charge is -2.32. The van der Waals surface area contributed by atoms with Gasteiger partial charge in [0.25, 0.3) is 0 Å². The van der Waals surface area contributed by atoms with Crippen molar-refractivity contribution in [2.45, 2.75) is 38.6 Å². The summed E-state index contributed by atoms with van der Waals surface area (Å²) in [5.41, 5.74) is 6.94. The zero-order valence-electron chi connectivity index (χ0n) is 12.2. The molecule has 4 nitrogen and oxygen atoms in total. The van der Waals surface area contributed by atoms with Crippen molar-refractivity contribution < 1.29 is 9.47 Å². The molecular weight excluding hydrogens is 240 g/mol. The first-order chi connectivity index (χ1) is 8.84. The lowest BCUT2D eigenvalue weighted by molar-refractivity contribution is 0.174. The van der Waals surface area contributed by atoms with E-state index in [1.165, 1.54) is 5.56 Å². The van der Waals surface area contributed by atoms with Gasteiger partial charge in [0.1, 0.15) is 0 Å². The summed E-state index contributed by atoms with van der Waals surface area (Å²) in [5, 5.41) is 3.52. The fourth-order valence-electron chi connectivity index (χ4n) is 1.95. The highest BCUT2D eigenvalue weighted by atomic mass is 16.7. The Hall–Kier alpha value is -1.26. The van der Waals surface area contributed by atoms with E-state index in [1.54, 1.807) is 0 Å². The number of fused-ring (bicyclic) bond motifs is 1. The van der Waals surface area contributed by atoms with Crippen molar-refractivity contribution in [3.63, 3.8) is 0 Å². The average Bonchev–Trinajstić information content (AvgIpc) is 2.84. The van der Waals surface area contributed by atoms with E-state index in [-0.39, 0.29) is 11.0 Å². The highest BCUT2D eigenvalue weighted by molar-refractivity contribution is 5.46. The molecule has 0 aromatic heterocycles. The summed E-state index contributed by atoms with van der Waals surface area (Å²) >= 11 is 0. The van der Waals surface area contributed by atoms with E-state index in [9.17, 15) is 0 Å². The number of ether oxygens (including phenoxy) is 2. The molecule has 0 atom stereocenters. The summed E-state index contributed by atoms with van der Waals surface area (Å²) in [6, 6.07) is 6.15. The Morgan fingerprint density at radius 1 is 1.16 bits per heavy atom. The molecule has 0 radical (unpaired) electrons. The van der Waals surface area contributed by atoms with Crippen LogP contribution in [0.2, 0.25) is 0 Å². The lowest BCUT2D eigenvalue weighted by atomic mass is 9.83. The quantitative estimate of drug-likeness (QED) is 0.854. The van der Waals surface area contributed by atoms with Crippen LogP contribution in [0.25, 0.3) is 0 Å². The lowest BCUT2D eigenvalue weighted by Crippen LogP contribution is -2.50. The van der Waals surface area contributed by atoms with Crippen molar-refractivity contribution in [1.29, 1.82) is 0 Å². The largest absolute Gasteiger partial charge is 0.454 e. The molecule has 0 amide bonds. The number of nitrogens with two attached hydrogens (primary N) is 1. The minimum Gasteiger partial charge on any atom is -0.454 e. The van der Waals surface area contributed by atoms with Crippen LogP contribution in [0.15, 0.2) is 18.2 Å². The van der Waals surface area contributed by atoms with Crippen molar-refractivity contribution in [2.24, 2.45) is 5.73 Å².